The van der Waals surface area contributed by atoms with E-state index in [1.54, 1.807) is 0 Å². The lowest BCUT2D eigenvalue weighted by molar-refractivity contribution is -0.185. The molecule has 0 saturated carbocycles. The Kier molecular flexibility index (Phi) is 6.70. The molecule has 1 fully saturated rings. The number of hydrogen-bond donors (Lipinski definition) is 1. The second kappa shape index (κ2) is 7.52. The Hall–Kier alpha value is 0.100. The number of likely N-dealkylation sites (tertiary alicyclic amines) is 1. The smallest absolute Gasteiger partial charge is 0.303 e. The van der Waals surface area contributed by atoms with E-state index < -0.39 is 12.1 Å². The molecule has 0 aromatic rings. The van der Waals surface area contributed by atoms with E-state index >= 15 is 0 Å². The predicted molar refractivity (Wildman–Crippen MR) is 67.5 cm³/mol. The Morgan fingerprint density at radius 1 is 1.00 bits per heavy atom. The molecule has 17 heavy (non-hydrogen) atoms. The Morgan fingerprint density at radius 2 is 1.59 bits per heavy atom. The van der Waals surface area contributed by atoms with Crippen LogP contribution in [0.15, 0.2) is 0 Å². The molecule has 1 aliphatic rings. The lowest BCUT2D eigenvalue weighted by Crippen LogP contribution is -2.39. The number of rotatable bonds is 6. The fourth-order valence-corrected chi connectivity index (χ4v) is 2.51. The zero-order chi connectivity index (χ0) is 12.7. The Morgan fingerprint density at radius 3 is 2.12 bits per heavy atom. The third kappa shape index (κ3) is 6.00. The Balaban J connectivity index is 2.07. The number of hydrogen-bond acceptors (Lipinski definition) is 2. The molecule has 0 N–H and O–H groups in total. The molecule has 1 aliphatic heterocycles. The van der Waals surface area contributed by atoms with Gasteiger partial charge in [-0.05, 0) is 51.1 Å². The first-order chi connectivity index (χ1) is 8.04. The van der Waals surface area contributed by atoms with Crippen molar-refractivity contribution in [2.24, 2.45) is 5.92 Å². The first-order valence-corrected chi connectivity index (χ1v) is 7.07. The first-order valence-electron chi connectivity index (χ1n) is 6.44. The number of piperidine rings is 1. The molecule has 0 unspecified atom stereocenters. The van der Waals surface area contributed by atoms with Crippen LogP contribution in [0.3, 0.4) is 0 Å². The number of unbranched alkanes of at least 4 members (excludes halogenated alkanes) is 3. The molecule has 1 saturated heterocycles. The highest BCUT2D eigenvalue weighted by atomic mass is 32.1. The summed E-state index contributed by atoms with van der Waals surface area (Å²) < 4.78 is 37.3. The highest BCUT2D eigenvalue weighted by Crippen LogP contribution is 2.34. The van der Waals surface area contributed by atoms with Gasteiger partial charge in [-0.3, -0.25) is 0 Å². The third-order valence-corrected chi connectivity index (χ3v) is 3.75. The van der Waals surface area contributed by atoms with Crippen molar-refractivity contribution in [3.63, 3.8) is 0 Å². The van der Waals surface area contributed by atoms with E-state index in [0.717, 1.165) is 25.1 Å². The topological polar surface area (TPSA) is 3.24 Å². The van der Waals surface area contributed by atoms with Crippen molar-refractivity contribution in [2.75, 3.05) is 25.4 Å². The lowest BCUT2D eigenvalue weighted by atomic mass is 9.96. The molecule has 0 atom stereocenters. The fraction of sp³-hybridized carbons (Fsp3) is 1.00. The molecule has 1 nitrogen and oxygen atoms in total. The van der Waals surface area contributed by atoms with E-state index in [4.69, 9.17) is 0 Å². The standard InChI is InChI=1S/C12H22F3NS/c13-12(14,15)11-5-8-16(9-6-11)7-3-1-2-4-10-17/h11,17H,1-10H2. The molecule has 1 rings (SSSR count). The molecule has 0 radical (unpaired) electrons. The van der Waals surface area contributed by atoms with Gasteiger partial charge in [0.2, 0.25) is 0 Å². The quantitative estimate of drug-likeness (QED) is 0.568. The maximum atomic E-state index is 12.4. The minimum atomic E-state index is -3.99. The Labute approximate surface area is 107 Å². The minimum absolute atomic E-state index is 0.278. The molecule has 5 heteroatoms. The summed E-state index contributed by atoms with van der Waals surface area (Å²) in [5, 5.41) is 0. The summed E-state index contributed by atoms with van der Waals surface area (Å²) in [6.45, 7) is 2.17. The van der Waals surface area contributed by atoms with E-state index in [2.05, 4.69) is 17.5 Å². The van der Waals surface area contributed by atoms with Gasteiger partial charge >= 0.3 is 6.18 Å². The van der Waals surface area contributed by atoms with Crippen LogP contribution in [0.5, 0.6) is 0 Å². The minimum Gasteiger partial charge on any atom is -0.303 e. The highest BCUT2D eigenvalue weighted by Gasteiger charge is 2.40. The molecule has 1 heterocycles. The molecule has 0 bridgehead atoms. The van der Waals surface area contributed by atoms with Crippen LogP contribution in [0.4, 0.5) is 13.2 Å². The summed E-state index contributed by atoms with van der Waals surface area (Å²) in [7, 11) is 0. The Bertz CT molecular complexity index is 200. The van der Waals surface area contributed by atoms with E-state index in [1.807, 2.05) is 0 Å². The summed E-state index contributed by atoms with van der Waals surface area (Å²) in [5.41, 5.74) is 0. The molecule has 0 spiro atoms. The van der Waals surface area contributed by atoms with Gasteiger partial charge < -0.3 is 4.90 Å². The number of thiol groups is 1. The zero-order valence-corrected chi connectivity index (χ0v) is 11.1. The van der Waals surface area contributed by atoms with Gasteiger partial charge in [0.25, 0.3) is 0 Å². The molecule has 102 valence electrons. The van der Waals surface area contributed by atoms with Gasteiger partial charge in [0.05, 0.1) is 5.92 Å². The first kappa shape index (κ1) is 15.2. The molecule has 0 amide bonds. The van der Waals surface area contributed by atoms with Crippen LogP contribution in [-0.2, 0) is 0 Å². The van der Waals surface area contributed by atoms with E-state index in [-0.39, 0.29) is 12.8 Å². The number of nitrogens with zero attached hydrogens (tertiary/aromatic N) is 1. The SMILES string of the molecule is FC(F)(F)C1CCN(CCCCCCS)CC1. The van der Waals surface area contributed by atoms with Gasteiger partial charge in [0, 0.05) is 0 Å². The van der Waals surface area contributed by atoms with Gasteiger partial charge in [-0.25, -0.2) is 0 Å². The largest absolute Gasteiger partial charge is 0.391 e. The fourth-order valence-electron chi connectivity index (χ4n) is 2.28. The van der Waals surface area contributed by atoms with Crippen molar-refractivity contribution in [3.8, 4) is 0 Å². The van der Waals surface area contributed by atoms with Gasteiger partial charge in [0.1, 0.15) is 0 Å². The summed E-state index contributed by atoms with van der Waals surface area (Å²) >= 11 is 4.14. The maximum absolute atomic E-state index is 12.4. The summed E-state index contributed by atoms with van der Waals surface area (Å²) in [4.78, 5) is 2.17. The van der Waals surface area contributed by atoms with Crippen LogP contribution in [0.2, 0.25) is 0 Å². The van der Waals surface area contributed by atoms with Crippen LogP contribution in [0.1, 0.15) is 38.5 Å². The van der Waals surface area contributed by atoms with Crippen molar-refractivity contribution < 1.29 is 13.2 Å². The van der Waals surface area contributed by atoms with Gasteiger partial charge in [0.15, 0.2) is 0 Å². The van der Waals surface area contributed by atoms with E-state index in [0.29, 0.717) is 13.1 Å². The summed E-state index contributed by atoms with van der Waals surface area (Å²) in [6.07, 6.45) is 1.16. The second-order valence-corrected chi connectivity index (χ2v) is 5.24. The second-order valence-electron chi connectivity index (χ2n) is 4.80. The normalized spacial score (nSPS) is 19.8. The van der Waals surface area contributed by atoms with E-state index in [1.165, 1.54) is 12.8 Å². The monoisotopic (exact) mass is 269 g/mol. The zero-order valence-electron chi connectivity index (χ0n) is 10.2. The van der Waals surface area contributed by atoms with Crippen LogP contribution in [0.25, 0.3) is 0 Å². The van der Waals surface area contributed by atoms with E-state index in [9.17, 15) is 13.2 Å². The van der Waals surface area contributed by atoms with Crippen LogP contribution >= 0.6 is 12.6 Å². The van der Waals surface area contributed by atoms with Gasteiger partial charge in [-0.1, -0.05) is 12.8 Å². The molecule has 0 aromatic heterocycles. The van der Waals surface area contributed by atoms with Gasteiger partial charge in [-0.2, -0.15) is 25.8 Å². The highest BCUT2D eigenvalue weighted by molar-refractivity contribution is 7.80. The average molecular weight is 269 g/mol. The summed E-state index contributed by atoms with van der Waals surface area (Å²) in [6, 6.07) is 0. The molecule has 0 aliphatic carbocycles. The maximum Gasteiger partial charge on any atom is 0.391 e. The van der Waals surface area contributed by atoms with Crippen LogP contribution < -0.4 is 0 Å². The lowest BCUT2D eigenvalue weighted by Gasteiger charge is -2.32. The summed E-state index contributed by atoms with van der Waals surface area (Å²) in [5.74, 6) is -0.139. The van der Waals surface area contributed by atoms with Crippen molar-refractivity contribution in [3.05, 3.63) is 0 Å². The van der Waals surface area contributed by atoms with Crippen molar-refractivity contribution in [2.45, 2.75) is 44.7 Å². The van der Waals surface area contributed by atoms with Gasteiger partial charge in [-0.15, -0.1) is 0 Å². The van der Waals surface area contributed by atoms with Crippen molar-refractivity contribution >= 4 is 12.6 Å². The predicted octanol–water partition coefficient (Wildman–Crippen LogP) is 3.75. The molecular formula is C12H22F3NS. The average Bonchev–Trinajstić information content (AvgIpc) is 2.28. The van der Waals surface area contributed by atoms with Crippen LogP contribution in [-0.4, -0.2) is 36.5 Å². The molecular weight excluding hydrogens is 247 g/mol. The third-order valence-electron chi connectivity index (χ3n) is 3.43. The number of halogens is 3. The van der Waals surface area contributed by atoms with Crippen molar-refractivity contribution in [1.82, 2.24) is 4.90 Å². The van der Waals surface area contributed by atoms with Crippen LogP contribution in [0, 0.1) is 5.92 Å². The van der Waals surface area contributed by atoms with Crippen molar-refractivity contribution in [1.29, 1.82) is 0 Å². The molecule has 0 aromatic carbocycles. The number of alkyl halides is 3.